The number of aromatic nitrogens is 2. The second-order valence-electron chi connectivity index (χ2n) is 8.00. The number of anilines is 1. The number of nitrogens with zero attached hydrogens (tertiary/aromatic N) is 4. The van der Waals surface area contributed by atoms with Gasteiger partial charge in [-0.05, 0) is 11.6 Å². The number of carbonyl (C=O) groups is 3. The van der Waals surface area contributed by atoms with Crippen molar-refractivity contribution in [2.24, 2.45) is 10.9 Å². The number of nitrogen functional groups attached to an aromatic ring is 1. The molecule has 2 aliphatic rings. The van der Waals surface area contributed by atoms with Gasteiger partial charge in [0.1, 0.15) is 40.4 Å². The van der Waals surface area contributed by atoms with Gasteiger partial charge in [-0.15, -0.1) is 11.8 Å². The van der Waals surface area contributed by atoms with E-state index in [-0.39, 0.29) is 26.6 Å². The van der Waals surface area contributed by atoms with E-state index in [1.165, 1.54) is 23.5 Å². The third kappa shape index (κ3) is 6.66. The standard InChI is InChI=1S/C22H23ClFN7O5S4/c23-17-13(29-22(26)40-17)14(30-36-5-2-24)18(32)28-15-19(33)31-16(21(34)35)12(9-38-20(15)31)39-11-1-4-27-7-10(11)8-37-6-3-25/h1,4,7,15,20H,2-3,5-6,8-9,25H2,(H2,26,29)(H,28,32)(H,34,35)/b30-14-/t15-,20+/m1/s1. The van der Waals surface area contributed by atoms with Crippen LogP contribution in [0.1, 0.15) is 11.3 Å². The number of rotatable bonds is 13. The molecule has 2 aromatic rings. The van der Waals surface area contributed by atoms with Crippen LogP contribution < -0.4 is 16.8 Å². The molecular formula is C22H23ClFN7O5S4. The van der Waals surface area contributed by atoms with Crippen molar-refractivity contribution in [3.05, 3.63) is 44.7 Å². The fourth-order valence-electron chi connectivity index (χ4n) is 3.70. The highest BCUT2D eigenvalue weighted by Gasteiger charge is 2.54. The first-order chi connectivity index (χ1) is 19.3. The number of pyridine rings is 1. The zero-order valence-electron chi connectivity index (χ0n) is 20.5. The number of carbonyl (C=O) groups excluding carboxylic acids is 2. The number of nitrogens with one attached hydrogen (secondary N) is 1. The summed E-state index contributed by atoms with van der Waals surface area (Å²) >= 11 is 11.2. The maximum atomic E-state index is 13.2. The van der Waals surface area contributed by atoms with E-state index in [0.29, 0.717) is 23.0 Å². The van der Waals surface area contributed by atoms with Gasteiger partial charge in [0, 0.05) is 46.0 Å². The van der Waals surface area contributed by atoms with Crippen LogP contribution in [0.15, 0.2) is 39.1 Å². The molecule has 2 atom stereocenters. The molecular weight excluding hydrogens is 625 g/mol. The number of thioether (sulfide) groups is 3. The van der Waals surface area contributed by atoms with E-state index in [1.54, 1.807) is 30.2 Å². The van der Waals surface area contributed by atoms with Crippen LogP contribution >= 0.6 is 58.2 Å². The number of oxime groups is 1. The van der Waals surface area contributed by atoms with Gasteiger partial charge in [-0.3, -0.25) is 19.5 Å². The van der Waals surface area contributed by atoms with Crippen LogP contribution in [0.3, 0.4) is 0 Å². The highest BCUT2D eigenvalue weighted by Crippen LogP contribution is 2.46. The van der Waals surface area contributed by atoms with Crippen LogP contribution in [0, 0.1) is 0 Å². The van der Waals surface area contributed by atoms with Crippen molar-refractivity contribution in [2.45, 2.75) is 22.1 Å². The lowest BCUT2D eigenvalue weighted by Crippen LogP contribution is -2.71. The van der Waals surface area contributed by atoms with E-state index in [0.717, 1.165) is 32.4 Å². The first-order valence-corrected chi connectivity index (χ1v) is 15.8. The number of halogens is 2. The third-order valence-corrected chi connectivity index (χ3v) is 10.2. The van der Waals surface area contributed by atoms with Crippen molar-refractivity contribution < 1.29 is 28.7 Å². The van der Waals surface area contributed by atoms with E-state index in [2.05, 4.69) is 20.4 Å². The molecule has 214 valence electrons. The number of aliphatic carboxylic acids is 1. The second-order valence-corrected chi connectivity index (χ2v) is 13.0. The number of hydrogen-bond acceptors (Lipinski definition) is 13. The van der Waals surface area contributed by atoms with Gasteiger partial charge in [0.15, 0.2) is 10.8 Å². The van der Waals surface area contributed by atoms with Crippen LogP contribution in [-0.4, -0.2) is 86.2 Å². The Morgan fingerprint density at radius 1 is 1.43 bits per heavy atom. The van der Waals surface area contributed by atoms with Gasteiger partial charge in [-0.25, -0.2) is 14.2 Å². The summed E-state index contributed by atoms with van der Waals surface area (Å²) in [6.07, 6.45) is 3.35. The molecule has 18 heteroatoms. The molecule has 2 aliphatic heterocycles. The summed E-state index contributed by atoms with van der Waals surface area (Å²) in [5.74, 6) is -1.01. The van der Waals surface area contributed by atoms with Gasteiger partial charge in [-0.2, -0.15) is 11.8 Å². The SMILES string of the molecule is NCCSCc1cnccc1SC1=C(C(=O)O)N2C(=O)[C@@H](NC(=O)/C(=N\OCCF)c3nc(N)sc3Cl)[C@@H]2SC1. The molecule has 0 aromatic carbocycles. The Hall–Kier alpha value is -2.57. The molecule has 1 fully saturated rings. The van der Waals surface area contributed by atoms with Gasteiger partial charge >= 0.3 is 5.97 Å². The lowest BCUT2D eigenvalue weighted by atomic mass is 10.0. The van der Waals surface area contributed by atoms with E-state index in [4.69, 9.17) is 27.9 Å². The molecule has 0 bridgehead atoms. The molecule has 4 heterocycles. The minimum Gasteiger partial charge on any atom is -0.477 e. The average molecular weight is 648 g/mol. The Balaban J connectivity index is 1.53. The molecule has 40 heavy (non-hydrogen) atoms. The number of amides is 2. The van der Waals surface area contributed by atoms with Crippen molar-refractivity contribution in [2.75, 3.05) is 37.1 Å². The molecule has 2 amide bonds. The Kier molecular flexibility index (Phi) is 10.5. The molecule has 1 saturated heterocycles. The van der Waals surface area contributed by atoms with Gasteiger partial charge in [0.05, 0.1) is 0 Å². The van der Waals surface area contributed by atoms with Crippen LogP contribution in [0.4, 0.5) is 9.52 Å². The summed E-state index contributed by atoms with van der Waals surface area (Å²) in [4.78, 5) is 54.0. The third-order valence-electron chi connectivity index (χ3n) is 5.40. The summed E-state index contributed by atoms with van der Waals surface area (Å²) in [5.41, 5.74) is 11.6. The quantitative estimate of drug-likeness (QED) is 0.108. The van der Waals surface area contributed by atoms with Crippen molar-refractivity contribution >= 4 is 86.9 Å². The first kappa shape index (κ1) is 30.4. The topological polar surface area (TPSA) is 186 Å². The van der Waals surface area contributed by atoms with Gasteiger partial charge in [-0.1, -0.05) is 39.9 Å². The van der Waals surface area contributed by atoms with Crippen molar-refractivity contribution in [1.82, 2.24) is 20.2 Å². The minimum absolute atomic E-state index is 0.0542. The summed E-state index contributed by atoms with van der Waals surface area (Å²) in [6, 6.07) is 0.749. The molecule has 0 saturated carbocycles. The highest BCUT2D eigenvalue weighted by atomic mass is 35.5. The van der Waals surface area contributed by atoms with Gasteiger partial charge in [0.2, 0.25) is 0 Å². The van der Waals surface area contributed by atoms with E-state index < -0.39 is 42.5 Å². The molecule has 12 nitrogen and oxygen atoms in total. The Morgan fingerprint density at radius 3 is 2.90 bits per heavy atom. The first-order valence-electron chi connectivity index (χ1n) is 11.5. The number of carboxylic acids is 1. The highest BCUT2D eigenvalue weighted by molar-refractivity contribution is 8.06. The second kappa shape index (κ2) is 13.9. The van der Waals surface area contributed by atoms with E-state index in [9.17, 15) is 23.9 Å². The fraction of sp³-hybridized carbons (Fsp3) is 0.364. The normalized spacial score (nSPS) is 18.8. The predicted octanol–water partition coefficient (Wildman–Crippen LogP) is 2.14. The van der Waals surface area contributed by atoms with Crippen LogP contribution in [0.25, 0.3) is 0 Å². The number of hydrogen-bond donors (Lipinski definition) is 4. The van der Waals surface area contributed by atoms with Crippen molar-refractivity contribution in [1.29, 1.82) is 0 Å². The monoisotopic (exact) mass is 647 g/mol. The van der Waals surface area contributed by atoms with Crippen molar-refractivity contribution in [3.8, 4) is 0 Å². The van der Waals surface area contributed by atoms with E-state index in [1.807, 2.05) is 0 Å². The molecule has 0 unspecified atom stereocenters. The number of thiazole rings is 1. The summed E-state index contributed by atoms with van der Waals surface area (Å²) in [6.45, 7) is -0.726. The Labute approximate surface area is 249 Å². The fourth-order valence-corrected chi connectivity index (χ4v) is 8.05. The average Bonchev–Trinajstić information content (AvgIpc) is 3.27. The van der Waals surface area contributed by atoms with Gasteiger partial charge in [0.25, 0.3) is 11.8 Å². The Bertz CT molecular complexity index is 1360. The zero-order valence-corrected chi connectivity index (χ0v) is 24.6. The molecule has 0 radical (unpaired) electrons. The van der Waals surface area contributed by atoms with Crippen LogP contribution in [0.2, 0.25) is 4.34 Å². The van der Waals surface area contributed by atoms with Crippen LogP contribution in [0.5, 0.6) is 0 Å². The number of nitrogens with two attached hydrogens (primary N) is 2. The predicted molar refractivity (Wildman–Crippen MR) is 155 cm³/mol. The Morgan fingerprint density at radius 2 is 2.23 bits per heavy atom. The summed E-state index contributed by atoms with van der Waals surface area (Å²) in [7, 11) is 0. The smallest absolute Gasteiger partial charge is 0.353 e. The number of β-lactam (4-membered cyclic amide) rings is 1. The molecule has 4 rings (SSSR count). The lowest BCUT2D eigenvalue weighted by Gasteiger charge is -2.49. The molecule has 2 aromatic heterocycles. The number of carboxylic acid groups (broad SMARTS) is 1. The largest absolute Gasteiger partial charge is 0.477 e. The van der Waals surface area contributed by atoms with Crippen molar-refractivity contribution in [3.63, 3.8) is 0 Å². The van der Waals surface area contributed by atoms with Crippen LogP contribution in [-0.2, 0) is 25.0 Å². The molecule has 6 N–H and O–H groups in total. The number of fused-ring (bicyclic) bond motifs is 1. The maximum Gasteiger partial charge on any atom is 0.353 e. The molecule has 0 aliphatic carbocycles. The zero-order chi connectivity index (χ0) is 28.8. The maximum absolute atomic E-state index is 13.2. The summed E-state index contributed by atoms with van der Waals surface area (Å²) in [5, 5.41) is 15.6. The van der Waals surface area contributed by atoms with Gasteiger partial charge < -0.3 is 26.7 Å². The lowest BCUT2D eigenvalue weighted by molar-refractivity contribution is -0.150. The molecule has 0 spiro atoms. The summed E-state index contributed by atoms with van der Waals surface area (Å²) < 4.78 is 12.6. The minimum atomic E-state index is -1.26. The number of alkyl halides is 1. The van der Waals surface area contributed by atoms with E-state index >= 15 is 0 Å².